The summed E-state index contributed by atoms with van der Waals surface area (Å²) in [4.78, 5) is 28.3. The molecule has 232 valence electrons. The van der Waals surface area contributed by atoms with E-state index in [2.05, 4.69) is 92.9 Å². The predicted molar refractivity (Wildman–Crippen MR) is 198 cm³/mol. The van der Waals surface area contributed by atoms with Gasteiger partial charge in [0.05, 0.1) is 0 Å². The molecule has 0 saturated carbocycles. The van der Waals surface area contributed by atoms with E-state index in [-0.39, 0.29) is 27.2 Å². The minimum atomic E-state index is -0.873. The Hall–Kier alpha value is 1.52. The molecule has 2 N–H and O–H groups in total. The van der Waals surface area contributed by atoms with Crippen molar-refractivity contribution in [3.8, 4) is 0 Å². The fourth-order valence-electron chi connectivity index (χ4n) is 1.14. The third kappa shape index (κ3) is 224. The molecular weight excluding hydrogens is 970 g/mol. The van der Waals surface area contributed by atoms with Crippen molar-refractivity contribution in [3.63, 3.8) is 0 Å². The van der Waals surface area contributed by atoms with Crippen LogP contribution in [0.25, 0.3) is 0 Å². The van der Waals surface area contributed by atoms with E-state index in [1.807, 2.05) is 27.7 Å². The van der Waals surface area contributed by atoms with Crippen LogP contribution >= 0.6 is 83.1 Å². The second-order valence-corrected chi connectivity index (χ2v) is 41.1. The van der Waals surface area contributed by atoms with Gasteiger partial charge in [0.2, 0.25) is 0 Å². The molecule has 0 heterocycles. The molecule has 0 aromatic rings. The third-order valence-corrected chi connectivity index (χ3v) is 2.59. The van der Waals surface area contributed by atoms with Crippen LogP contribution in [-0.4, -0.2) is 28.4 Å². The van der Waals surface area contributed by atoms with Crippen LogP contribution in [0.5, 0.6) is 0 Å². The van der Waals surface area contributed by atoms with Gasteiger partial charge in [-0.15, -0.1) is 0 Å². The van der Waals surface area contributed by atoms with Gasteiger partial charge in [-0.2, -0.15) is 2.86 Å². The van der Waals surface area contributed by atoms with Crippen molar-refractivity contribution >= 4 is 101 Å². The fraction of sp³-hybridized carbons (Fsp3) is 0.731. The van der Waals surface area contributed by atoms with Crippen molar-refractivity contribution in [2.45, 2.75) is 129 Å². The second-order valence-electron chi connectivity index (χ2n) is 5.74. The molecule has 0 unspecified atom stereocenters. The van der Waals surface area contributed by atoms with Crippen LogP contribution in [0, 0.1) is 0 Å². The van der Waals surface area contributed by atoms with Gasteiger partial charge in [-0.1, -0.05) is 108 Å². The van der Waals surface area contributed by atoms with Gasteiger partial charge in [0.25, 0.3) is 0 Å². The number of hydrogen-bond acceptors (Lipinski definition) is 3. The molecule has 0 bridgehead atoms. The Morgan fingerprint density at radius 2 is 1.08 bits per heavy atom. The maximum atomic E-state index is 9.76. The first-order valence-electron chi connectivity index (χ1n) is 11.1. The first kappa shape index (κ1) is 66.7. The van der Waals surface area contributed by atoms with Crippen molar-refractivity contribution in [2.75, 3.05) is 0 Å². The van der Waals surface area contributed by atoms with E-state index in [1.54, 1.807) is 6.08 Å². The number of carbonyl (C=O) groups excluding carboxylic acids is 1. The van der Waals surface area contributed by atoms with Crippen LogP contribution in [0.15, 0.2) is 24.3 Å². The van der Waals surface area contributed by atoms with Crippen molar-refractivity contribution in [2.24, 2.45) is 0 Å². The number of aldehydes is 1. The molecule has 0 aliphatic carbocycles. The first-order valence-corrected chi connectivity index (χ1v) is 25.4. The zero-order valence-electron chi connectivity index (χ0n) is 21.7. The number of carboxylic acids is 2. The number of aliphatic carboxylic acids is 2. The Morgan fingerprint density at radius 3 is 1.14 bits per heavy atom. The summed E-state index contributed by atoms with van der Waals surface area (Å²) < 4.78 is 9.47. The van der Waals surface area contributed by atoms with Gasteiger partial charge >= 0.3 is 76.8 Å². The van der Waals surface area contributed by atoms with E-state index in [0.29, 0.717) is 36.0 Å². The molecule has 5 nitrogen and oxygen atoms in total. The van der Waals surface area contributed by atoms with Gasteiger partial charge in [-0.05, 0) is 26.2 Å². The van der Waals surface area contributed by atoms with Crippen LogP contribution in [-0.2, 0) is 19.3 Å². The number of allylic oxidation sites excluding steroid dienone is 3. The van der Waals surface area contributed by atoms with Gasteiger partial charge in [-0.25, -0.2) is 4.79 Å². The van der Waals surface area contributed by atoms with Crippen LogP contribution in [0.3, 0.4) is 0 Å². The molecule has 0 radical (unpaired) electrons. The molecule has 0 fully saturated rings. The number of halogens is 5. The first-order chi connectivity index (χ1) is 16.0. The second kappa shape index (κ2) is 83.2. The topological polar surface area (TPSA) is 91.7 Å². The number of hydrogen-bond donors (Lipinski definition) is 2. The standard InChI is InChI=1S/C5H10O2.C5H8O2.C5H12.C5H10.C3H6O.3CH4.FI.3HI.V/c2*1-2-3-4-5(6)7;2*1-3-5-4-2;1-2-3-4;;;;1-2;;;;/h2-4H2,1H3,(H,6,7);3-4H,2H2,1H3,(H,6,7);3-5H2,1-2H3;3,5H,4H2,1-2H3;3H,2H2,1H3;3*1H4;;3*1H;/q;;;;;;;;;;;;+3/p-3/b;4-3+;;5-3+;;;;;;;;;. The number of unbranched alkanes of at least 4 members (excludes halogenated alkanes) is 3. The van der Waals surface area contributed by atoms with Crippen LogP contribution in [0.1, 0.15) is 129 Å². The predicted octanol–water partition coefficient (Wildman–Crippen LogP) is 12.9. The normalized spacial score (nSPS) is 7.81. The van der Waals surface area contributed by atoms with Gasteiger partial charge < -0.3 is 15.0 Å². The van der Waals surface area contributed by atoms with Crippen LogP contribution in [0.2, 0.25) is 0 Å². The summed E-state index contributed by atoms with van der Waals surface area (Å²) >= 11 is 8.04. The molecule has 0 aliphatic heterocycles. The zero-order valence-corrected chi connectivity index (χ0v) is 31.7. The summed E-state index contributed by atoms with van der Waals surface area (Å²) in [6, 6.07) is 0. The van der Waals surface area contributed by atoms with Gasteiger partial charge in [0.15, 0.2) is 23.2 Å². The number of rotatable bonds is 9. The Kier molecular flexibility index (Phi) is 150. The van der Waals surface area contributed by atoms with Gasteiger partial charge in [0, 0.05) is 18.9 Å². The molecule has 0 saturated heterocycles. The Labute approximate surface area is 283 Å². The molecule has 0 aromatic heterocycles. The van der Waals surface area contributed by atoms with Crippen molar-refractivity contribution < 1.29 is 32.4 Å². The van der Waals surface area contributed by atoms with E-state index in [1.165, 1.54) is 19.3 Å². The molecule has 0 spiro atoms. The molecule has 0 aliphatic rings. The van der Waals surface area contributed by atoms with Crippen molar-refractivity contribution in [1.29, 1.82) is 0 Å². The molecule has 0 atom stereocenters. The monoisotopic (exact) mass is 1030 g/mol. The van der Waals surface area contributed by atoms with Crippen LogP contribution < -0.4 is 0 Å². The molecule has 0 rings (SSSR count). The minimum absolute atomic E-state index is 0. The third-order valence-electron chi connectivity index (χ3n) is 2.59. The molecule has 0 aromatic carbocycles. The summed E-state index contributed by atoms with van der Waals surface area (Å²) in [5.41, 5.74) is 0. The summed E-state index contributed by atoms with van der Waals surface area (Å²) in [6.45, 7) is 14.3. The average Bonchev–Trinajstić information content (AvgIpc) is 2.79. The van der Waals surface area contributed by atoms with Gasteiger partial charge in [-0.3, -0.25) is 4.79 Å². The molecule has 11 heteroatoms. The van der Waals surface area contributed by atoms with Crippen LogP contribution in [0.4, 0.5) is 2.86 Å². The molecule has 0 amide bonds. The Morgan fingerprint density at radius 1 is 0.757 bits per heavy atom. The summed E-state index contributed by atoms with van der Waals surface area (Å²) in [7, 11) is 0. The van der Waals surface area contributed by atoms with E-state index in [9.17, 15) is 17.2 Å². The fourth-order valence-corrected chi connectivity index (χ4v) is 1.14. The zero-order chi connectivity index (χ0) is 28.6. The summed E-state index contributed by atoms with van der Waals surface area (Å²) in [6.07, 6.45) is 16.5. The molecule has 37 heavy (non-hydrogen) atoms. The van der Waals surface area contributed by atoms with Gasteiger partial charge in [0.1, 0.15) is 6.29 Å². The van der Waals surface area contributed by atoms with Crippen molar-refractivity contribution in [3.05, 3.63) is 24.3 Å². The Bertz CT molecular complexity index is 412. The maximum absolute atomic E-state index is 9.76. The van der Waals surface area contributed by atoms with Crippen molar-refractivity contribution in [1.82, 2.24) is 0 Å². The number of carboxylic acid groups (broad SMARTS) is 2. The Balaban J connectivity index is -0.0000000290. The van der Waals surface area contributed by atoms with E-state index >= 15 is 0 Å². The SMILES string of the molecule is C.C.C.C/C=C/CC.CC/C=C/C(=O)O.CCC=O.CCCCC.CCCCC(=O)O.FI.[I][V]([I])[I]. The average molecular weight is 1030 g/mol. The molecular formula is C26H58FI4O5V. The summed E-state index contributed by atoms with van der Waals surface area (Å²) in [5, 5.41) is 16.0. The quantitative estimate of drug-likeness (QED) is 0.104. The van der Waals surface area contributed by atoms with E-state index in [0.717, 1.165) is 38.0 Å². The van der Waals surface area contributed by atoms with E-state index in [4.69, 9.17) is 10.2 Å². The van der Waals surface area contributed by atoms with E-state index < -0.39 is 11.9 Å². The number of carbonyl (C=O) groups is 3. The summed E-state index contributed by atoms with van der Waals surface area (Å²) in [5.74, 6) is -1.57.